The van der Waals surface area contributed by atoms with Crippen molar-refractivity contribution in [3.8, 4) is 12.3 Å². The molecule has 0 rings (SSSR count). The summed E-state index contributed by atoms with van der Waals surface area (Å²) in [4.78, 5) is 10.8. The Balaban J connectivity index is 3.57. The zero-order valence-electron chi connectivity index (χ0n) is 7.31. The Kier molecular flexibility index (Phi) is 3.84. The van der Waals surface area contributed by atoms with Gasteiger partial charge in [-0.3, -0.25) is 4.79 Å². The van der Waals surface area contributed by atoms with E-state index >= 15 is 0 Å². The van der Waals surface area contributed by atoms with Crippen LogP contribution in [0.2, 0.25) is 0 Å². The van der Waals surface area contributed by atoms with Crippen LogP contribution in [0.15, 0.2) is 0 Å². The molecule has 0 saturated carbocycles. The first kappa shape index (κ1) is 10.2. The van der Waals surface area contributed by atoms with Crippen molar-refractivity contribution in [3.05, 3.63) is 0 Å². The maximum absolute atomic E-state index is 10.8. The largest absolute Gasteiger partial charge is 0.368 e. The van der Waals surface area contributed by atoms with Crippen LogP contribution < -0.4 is 0 Å². The van der Waals surface area contributed by atoms with Crippen molar-refractivity contribution in [1.82, 2.24) is 0 Å². The summed E-state index contributed by atoms with van der Waals surface area (Å²) in [5.74, 6) is 2.23. The summed E-state index contributed by atoms with van der Waals surface area (Å²) in [7, 11) is 0. The van der Waals surface area contributed by atoms with Crippen molar-refractivity contribution in [3.63, 3.8) is 0 Å². The first-order valence-corrected chi connectivity index (χ1v) is 3.55. The molecule has 0 heterocycles. The van der Waals surface area contributed by atoms with E-state index < -0.39 is 0 Å². The molecule has 0 aliphatic rings. The zero-order chi connectivity index (χ0) is 8.91. The number of carbonyl (C=O) groups excluding carboxylic acids is 1. The van der Waals surface area contributed by atoms with Crippen molar-refractivity contribution in [1.29, 1.82) is 0 Å². The smallest absolute Gasteiger partial charge is 0.170 e. The third-order valence-corrected chi connectivity index (χ3v) is 0.965. The molecule has 0 aromatic carbocycles. The summed E-state index contributed by atoms with van der Waals surface area (Å²) < 4.78 is 5.20. The SMILES string of the molecule is C#CCC(=O)COC(C)(C)C. The monoisotopic (exact) mass is 154 g/mol. The zero-order valence-corrected chi connectivity index (χ0v) is 7.31. The Labute approximate surface area is 67.9 Å². The second-order valence-electron chi connectivity index (χ2n) is 3.32. The molecule has 2 nitrogen and oxygen atoms in total. The topological polar surface area (TPSA) is 26.3 Å². The van der Waals surface area contributed by atoms with Crippen LogP contribution in [-0.4, -0.2) is 18.0 Å². The molecule has 0 aliphatic carbocycles. The van der Waals surface area contributed by atoms with Gasteiger partial charge in [-0.05, 0) is 20.8 Å². The number of hydrogen-bond acceptors (Lipinski definition) is 2. The molecule has 2 heteroatoms. The van der Waals surface area contributed by atoms with Gasteiger partial charge in [0.05, 0.1) is 12.0 Å². The first-order chi connectivity index (χ1) is 4.95. The van der Waals surface area contributed by atoms with E-state index in [1.54, 1.807) is 0 Å². The normalized spacial score (nSPS) is 10.7. The lowest BCUT2D eigenvalue weighted by atomic mass is 10.2. The predicted octanol–water partition coefficient (Wildman–Crippen LogP) is 1.39. The molecular weight excluding hydrogens is 140 g/mol. The van der Waals surface area contributed by atoms with Gasteiger partial charge < -0.3 is 4.74 Å². The summed E-state index contributed by atoms with van der Waals surface area (Å²) in [6.07, 6.45) is 5.11. The molecule has 11 heavy (non-hydrogen) atoms. The van der Waals surface area contributed by atoms with Gasteiger partial charge in [-0.1, -0.05) is 5.92 Å². The van der Waals surface area contributed by atoms with E-state index in [4.69, 9.17) is 11.2 Å². The summed E-state index contributed by atoms with van der Waals surface area (Å²) >= 11 is 0. The third-order valence-electron chi connectivity index (χ3n) is 0.965. The fraction of sp³-hybridized carbons (Fsp3) is 0.667. The lowest BCUT2D eigenvalue weighted by Gasteiger charge is -2.18. The van der Waals surface area contributed by atoms with Crippen LogP contribution in [0.25, 0.3) is 0 Å². The highest BCUT2D eigenvalue weighted by molar-refractivity contribution is 5.81. The quantitative estimate of drug-likeness (QED) is 0.574. The van der Waals surface area contributed by atoms with Crippen molar-refractivity contribution >= 4 is 5.78 Å². The number of terminal acetylenes is 1. The van der Waals surface area contributed by atoms with Crippen LogP contribution in [0.4, 0.5) is 0 Å². The van der Waals surface area contributed by atoms with Gasteiger partial charge in [0.1, 0.15) is 6.61 Å². The van der Waals surface area contributed by atoms with Gasteiger partial charge in [-0.2, -0.15) is 0 Å². The highest BCUT2D eigenvalue weighted by atomic mass is 16.5. The lowest BCUT2D eigenvalue weighted by Crippen LogP contribution is -2.23. The van der Waals surface area contributed by atoms with E-state index in [1.165, 1.54) is 0 Å². The van der Waals surface area contributed by atoms with E-state index in [0.29, 0.717) is 0 Å². The van der Waals surface area contributed by atoms with E-state index in [-0.39, 0.29) is 24.4 Å². The lowest BCUT2D eigenvalue weighted by molar-refractivity contribution is -0.127. The minimum atomic E-state index is -0.260. The number of ether oxygens (including phenoxy) is 1. The van der Waals surface area contributed by atoms with Crippen molar-refractivity contribution in [2.75, 3.05) is 6.61 Å². The molecule has 0 spiro atoms. The van der Waals surface area contributed by atoms with Gasteiger partial charge in [0.15, 0.2) is 5.78 Å². The van der Waals surface area contributed by atoms with Crippen molar-refractivity contribution < 1.29 is 9.53 Å². The Hall–Kier alpha value is -0.810. The summed E-state index contributed by atoms with van der Waals surface area (Å²) in [6, 6.07) is 0. The minimum Gasteiger partial charge on any atom is -0.368 e. The highest BCUT2D eigenvalue weighted by Gasteiger charge is 2.11. The molecule has 0 bridgehead atoms. The number of Topliss-reactive ketones (excluding diaryl/α,β-unsaturated/α-hetero) is 1. The summed E-state index contributed by atoms with van der Waals surface area (Å²) in [5.41, 5.74) is -0.260. The maximum atomic E-state index is 10.8. The van der Waals surface area contributed by atoms with Gasteiger partial charge in [-0.25, -0.2) is 0 Å². The van der Waals surface area contributed by atoms with E-state index in [0.717, 1.165) is 0 Å². The molecule has 0 aromatic rings. The Morgan fingerprint density at radius 3 is 2.45 bits per heavy atom. The Morgan fingerprint density at radius 2 is 2.09 bits per heavy atom. The van der Waals surface area contributed by atoms with Gasteiger partial charge >= 0.3 is 0 Å². The minimum absolute atomic E-state index is 0.0394. The molecule has 0 N–H and O–H groups in total. The third kappa shape index (κ3) is 7.08. The molecule has 62 valence electrons. The fourth-order valence-electron chi connectivity index (χ4n) is 0.462. The summed E-state index contributed by atoms with van der Waals surface area (Å²) in [5, 5.41) is 0. The van der Waals surface area contributed by atoms with Crippen LogP contribution in [0.1, 0.15) is 27.2 Å². The molecule has 0 saturated heterocycles. The molecule has 0 aromatic heterocycles. The molecule has 0 aliphatic heterocycles. The Bertz CT molecular complexity index is 169. The van der Waals surface area contributed by atoms with Gasteiger partial charge in [0.2, 0.25) is 0 Å². The number of hydrogen-bond donors (Lipinski definition) is 0. The molecule has 0 amide bonds. The van der Waals surface area contributed by atoms with Crippen molar-refractivity contribution in [2.45, 2.75) is 32.8 Å². The van der Waals surface area contributed by atoms with Crippen LogP contribution >= 0.6 is 0 Å². The Morgan fingerprint density at radius 1 is 1.55 bits per heavy atom. The highest BCUT2D eigenvalue weighted by Crippen LogP contribution is 2.06. The molecular formula is C9H14O2. The van der Waals surface area contributed by atoms with Crippen LogP contribution in [0.5, 0.6) is 0 Å². The van der Waals surface area contributed by atoms with Gasteiger partial charge in [-0.15, -0.1) is 6.42 Å². The first-order valence-electron chi connectivity index (χ1n) is 3.55. The van der Waals surface area contributed by atoms with Crippen LogP contribution in [-0.2, 0) is 9.53 Å². The molecule has 0 unspecified atom stereocenters. The average molecular weight is 154 g/mol. The van der Waals surface area contributed by atoms with Crippen molar-refractivity contribution in [2.24, 2.45) is 0 Å². The van der Waals surface area contributed by atoms with Gasteiger partial charge in [0, 0.05) is 0 Å². The second kappa shape index (κ2) is 4.15. The van der Waals surface area contributed by atoms with Gasteiger partial charge in [0.25, 0.3) is 0 Å². The standard InChI is InChI=1S/C9H14O2/c1-5-6-8(10)7-11-9(2,3)4/h1H,6-7H2,2-4H3. The molecule has 0 atom stereocenters. The summed E-state index contributed by atoms with van der Waals surface area (Å²) in [6.45, 7) is 5.82. The fourth-order valence-corrected chi connectivity index (χ4v) is 0.462. The number of ketones is 1. The number of rotatable bonds is 3. The number of carbonyl (C=O) groups is 1. The van der Waals surface area contributed by atoms with E-state index in [9.17, 15) is 4.79 Å². The second-order valence-corrected chi connectivity index (χ2v) is 3.32. The van der Waals surface area contributed by atoms with Crippen LogP contribution in [0.3, 0.4) is 0 Å². The van der Waals surface area contributed by atoms with Crippen LogP contribution in [0, 0.1) is 12.3 Å². The van der Waals surface area contributed by atoms with E-state index in [2.05, 4.69) is 5.92 Å². The predicted molar refractivity (Wildman–Crippen MR) is 44.2 cm³/mol. The molecule has 0 fully saturated rings. The average Bonchev–Trinajstić information content (AvgIpc) is 1.83. The molecule has 0 radical (unpaired) electrons. The van der Waals surface area contributed by atoms with E-state index in [1.807, 2.05) is 20.8 Å². The maximum Gasteiger partial charge on any atom is 0.170 e.